The smallest absolute Gasteiger partial charge is 0.278 e. The van der Waals surface area contributed by atoms with Gasteiger partial charge in [-0.25, -0.2) is 25.6 Å². The Balaban J connectivity index is 1.38. The van der Waals surface area contributed by atoms with Crippen LogP contribution in [0.1, 0.15) is 49.0 Å². The highest BCUT2D eigenvalue weighted by molar-refractivity contribution is 8.33. The van der Waals surface area contributed by atoms with Gasteiger partial charge in [0, 0.05) is 37.1 Å². The fourth-order valence-corrected chi connectivity index (χ4v) is 14.9. The minimum absolute atomic E-state index is 0.0960. The SMILES string of the molecule is COc1ccc(S(OS(=O)(=O)CC23CCC(CC2=O)C3(C)C)(c2ccc(Sc3cccc(C(=O)c4ccccc4)c3)cc2)c2c(F)c(F)c(F)c(F)c2F)cc1. The Labute approximate surface area is 327 Å². The zero-order chi connectivity index (χ0) is 40.2. The summed E-state index contributed by atoms with van der Waals surface area (Å²) in [6.45, 7) is 3.59. The molecule has 2 aliphatic carbocycles. The van der Waals surface area contributed by atoms with Gasteiger partial charge in [-0.05, 0) is 95.1 Å². The van der Waals surface area contributed by atoms with E-state index in [-0.39, 0.29) is 45.9 Å². The summed E-state index contributed by atoms with van der Waals surface area (Å²) in [7, 11) is -8.07. The Bertz CT molecular complexity index is 2430. The van der Waals surface area contributed by atoms with Crippen LogP contribution < -0.4 is 4.74 Å². The number of carbonyl (C=O) groups is 2. The van der Waals surface area contributed by atoms with Crippen molar-refractivity contribution in [2.24, 2.45) is 16.7 Å². The average Bonchev–Trinajstić information content (AvgIpc) is 3.53. The van der Waals surface area contributed by atoms with Crippen LogP contribution in [0.2, 0.25) is 0 Å². The van der Waals surface area contributed by atoms with Gasteiger partial charge in [0.1, 0.15) is 16.4 Å². The van der Waals surface area contributed by atoms with Crippen molar-refractivity contribution in [1.29, 1.82) is 0 Å². The highest BCUT2D eigenvalue weighted by atomic mass is 32.3. The molecular weight excluding hydrogens is 792 g/mol. The van der Waals surface area contributed by atoms with Gasteiger partial charge in [0.25, 0.3) is 10.1 Å². The average molecular weight is 827 g/mol. The Kier molecular flexibility index (Phi) is 10.5. The molecule has 14 heteroatoms. The molecule has 2 saturated carbocycles. The van der Waals surface area contributed by atoms with E-state index in [4.69, 9.17) is 8.37 Å². The summed E-state index contributed by atoms with van der Waals surface area (Å²) in [6, 6.07) is 26.3. The number of ether oxygens (including phenoxy) is 1. The summed E-state index contributed by atoms with van der Waals surface area (Å²) in [6.07, 6.45) is 0.952. The Morgan fingerprint density at radius 2 is 1.32 bits per heavy atom. The van der Waals surface area contributed by atoms with Crippen molar-refractivity contribution < 1.29 is 48.3 Å². The normalized spacial score (nSPS) is 20.4. The number of Topliss-reactive ketones (excluding diaryl/α,β-unsaturated/α-hetero) is 1. The van der Waals surface area contributed by atoms with Crippen LogP contribution in [0.15, 0.2) is 128 Å². The molecule has 0 saturated heterocycles. The molecule has 2 bridgehead atoms. The van der Waals surface area contributed by atoms with E-state index in [1.807, 2.05) is 0 Å². The van der Waals surface area contributed by atoms with E-state index in [2.05, 4.69) is 0 Å². The third-order valence-electron chi connectivity index (χ3n) is 11.1. The number of fused-ring (bicyclic) bond motifs is 2. The number of ketones is 2. The van der Waals surface area contributed by atoms with E-state index in [9.17, 15) is 22.4 Å². The molecule has 0 amide bonds. The van der Waals surface area contributed by atoms with E-state index in [1.165, 1.54) is 67.4 Å². The number of hydrogen-bond acceptors (Lipinski definition) is 7. The van der Waals surface area contributed by atoms with Crippen molar-refractivity contribution in [3.63, 3.8) is 0 Å². The monoisotopic (exact) mass is 826 g/mol. The van der Waals surface area contributed by atoms with Gasteiger partial charge < -0.3 is 4.74 Å². The van der Waals surface area contributed by atoms with Gasteiger partial charge in [-0.15, -0.1) is 0 Å². The lowest BCUT2D eigenvalue weighted by Gasteiger charge is -2.41. The first-order valence-corrected chi connectivity index (χ1v) is 21.4. The van der Waals surface area contributed by atoms with E-state index in [1.54, 1.807) is 68.4 Å². The van der Waals surface area contributed by atoms with Crippen molar-refractivity contribution in [3.8, 4) is 5.75 Å². The summed E-state index contributed by atoms with van der Waals surface area (Å²) in [5, 5.41) is 0. The zero-order valence-corrected chi connectivity index (χ0v) is 32.7. The lowest BCUT2D eigenvalue weighted by molar-refractivity contribution is -0.128. The van der Waals surface area contributed by atoms with Crippen LogP contribution in [0.3, 0.4) is 0 Å². The van der Waals surface area contributed by atoms with E-state index in [0.29, 0.717) is 27.3 Å². The predicted octanol–water partition coefficient (Wildman–Crippen LogP) is 10.7. The molecule has 0 radical (unpaired) electrons. The summed E-state index contributed by atoms with van der Waals surface area (Å²) in [5.74, 6) is -12.7. The van der Waals surface area contributed by atoms with Crippen LogP contribution in [-0.2, 0) is 18.5 Å². The molecule has 2 aliphatic rings. The lowest BCUT2D eigenvalue weighted by atomic mass is 9.70. The zero-order valence-electron chi connectivity index (χ0n) is 30.3. The van der Waals surface area contributed by atoms with E-state index < -0.39 is 71.0 Å². The van der Waals surface area contributed by atoms with E-state index in [0.717, 1.165) is 0 Å². The van der Waals surface area contributed by atoms with Crippen LogP contribution in [0.25, 0.3) is 0 Å². The number of hydrogen-bond donors (Lipinski definition) is 0. The number of carbonyl (C=O) groups excluding carboxylic acids is 2. The maximum absolute atomic E-state index is 16.2. The van der Waals surface area contributed by atoms with Gasteiger partial charge in [-0.3, -0.25) is 9.59 Å². The number of halogens is 5. The van der Waals surface area contributed by atoms with Crippen molar-refractivity contribution in [2.75, 3.05) is 12.9 Å². The van der Waals surface area contributed by atoms with Gasteiger partial charge in [0.05, 0.1) is 18.3 Å². The minimum Gasteiger partial charge on any atom is -0.497 e. The maximum atomic E-state index is 16.2. The third kappa shape index (κ3) is 6.63. The second kappa shape index (κ2) is 14.8. The van der Waals surface area contributed by atoms with Crippen LogP contribution >= 0.6 is 22.1 Å². The number of methoxy groups -OCH3 is 1. The topological polar surface area (TPSA) is 86.7 Å². The number of rotatable bonds is 12. The molecule has 3 atom stereocenters. The minimum atomic E-state index is -5.02. The number of benzene rings is 5. The molecule has 56 heavy (non-hydrogen) atoms. The van der Waals surface area contributed by atoms with Crippen molar-refractivity contribution >= 4 is 43.8 Å². The van der Waals surface area contributed by atoms with Crippen molar-refractivity contribution in [2.45, 2.75) is 57.6 Å². The van der Waals surface area contributed by atoms with Crippen molar-refractivity contribution in [1.82, 2.24) is 0 Å². The second-order valence-electron chi connectivity index (χ2n) is 14.4. The molecule has 5 aromatic carbocycles. The Morgan fingerprint density at radius 3 is 1.88 bits per heavy atom. The first-order valence-electron chi connectivity index (χ1n) is 17.5. The van der Waals surface area contributed by atoms with Crippen LogP contribution in [0, 0.1) is 45.8 Å². The highest BCUT2D eigenvalue weighted by Gasteiger charge is 2.66. The second-order valence-corrected chi connectivity index (χ2v) is 19.9. The van der Waals surface area contributed by atoms with Crippen LogP contribution in [0.4, 0.5) is 22.0 Å². The van der Waals surface area contributed by atoms with Gasteiger partial charge >= 0.3 is 0 Å². The fraction of sp³-hybridized carbons (Fsp3) is 0.238. The maximum Gasteiger partial charge on any atom is 0.278 e. The predicted molar refractivity (Wildman–Crippen MR) is 202 cm³/mol. The highest BCUT2D eigenvalue weighted by Crippen LogP contribution is 2.72. The van der Waals surface area contributed by atoms with Crippen LogP contribution in [-0.4, -0.2) is 32.8 Å². The molecule has 6 nitrogen and oxygen atoms in total. The van der Waals surface area contributed by atoms with Gasteiger partial charge in [-0.2, -0.15) is 8.42 Å². The summed E-state index contributed by atoms with van der Waals surface area (Å²) >= 11 is 1.21. The molecule has 7 rings (SSSR count). The lowest BCUT2D eigenvalue weighted by Crippen LogP contribution is -2.42. The molecule has 0 N–H and O–H groups in total. The molecule has 3 unspecified atom stereocenters. The molecule has 292 valence electrons. The largest absolute Gasteiger partial charge is 0.497 e. The van der Waals surface area contributed by atoms with Gasteiger partial charge in [-0.1, -0.05) is 68.1 Å². The summed E-state index contributed by atoms with van der Waals surface area (Å²) < 4.78 is 118. The van der Waals surface area contributed by atoms with E-state index >= 15 is 17.6 Å². The standard InChI is InChI=1S/C42H35F5O6S3/c1-41(2)27-20-21-42(41,33(48)23-27)24-55(50,51)53-56(31-16-12-28(52-3)13-17-31,40-37(46)35(44)34(43)36(45)38(40)47)32-18-14-29(15-19-32)54-30-11-7-10-26(22-30)39(49)25-8-5-4-6-9-25/h4-19,22,27H,20-21,23-24H2,1-3H3. The first-order chi connectivity index (χ1) is 26.5. The Morgan fingerprint density at radius 1 is 0.750 bits per heavy atom. The molecule has 2 fully saturated rings. The fourth-order valence-electron chi connectivity index (χ4n) is 7.97. The molecule has 5 aromatic rings. The quantitative estimate of drug-likeness (QED) is 0.0536. The molecule has 0 heterocycles. The molecule has 0 aromatic heterocycles. The summed E-state index contributed by atoms with van der Waals surface area (Å²) in [5.41, 5.74) is -1.25. The first kappa shape index (κ1) is 39.7. The third-order valence-corrected chi connectivity index (χ3v) is 17.4. The van der Waals surface area contributed by atoms with Gasteiger partial charge in [0.15, 0.2) is 29.1 Å². The van der Waals surface area contributed by atoms with Crippen molar-refractivity contribution in [3.05, 3.63) is 143 Å². The molecular formula is C42H35F5O6S3. The van der Waals surface area contributed by atoms with Crippen LogP contribution in [0.5, 0.6) is 5.75 Å². The molecule has 0 spiro atoms. The van der Waals surface area contributed by atoms with Gasteiger partial charge in [0.2, 0.25) is 5.82 Å². The molecule has 0 aliphatic heterocycles. The Hall–Kier alpha value is -4.50. The summed E-state index contributed by atoms with van der Waals surface area (Å²) in [4.78, 5) is 25.8.